The van der Waals surface area contributed by atoms with Crippen LogP contribution in [0.15, 0.2) is 53.7 Å². The summed E-state index contributed by atoms with van der Waals surface area (Å²) in [5.41, 5.74) is 2.20. The van der Waals surface area contributed by atoms with Crippen molar-refractivity contribution in [2.24, 2.45) is 11.1 Å². The zero-order valence-electron chi connectivity index (χ0n) is 15.8. The molecule has 5 nitrogen and oxygen atoms in total. The third kappa shape index (κ3) is 4.01. The van der Waals surface area contributed by atoms with Gasteiger partial charge in [0.1, 0.15) is 11.6 Å². The average Bonchev–Trinajstić information content (AvgIpc) is 3.47. The standard InChI is InChI=1S/C22H23FN2O3/c1-27-21-9-5-3-7-18(21)20-12-17(28-24-20)14-25(22(26)15-10-11-15)13-16-6-2-4-8-19(16)23/h2-9,15,17H,10-14H2,1H3/t17-/m1/s1. The number of benzene rings is 2. The van der Waals surface area contributed by atoms with Gasteiger partial charge in [0.05, 0.1) is 19.4 Å². The van der Waals surface area contributed by atoms with Gasteiger partial charge >= 0.3 is 0 Å². The molecule has 0 spiro atoms. The van der Waals surface area contributed by atoms with E-state index in [2.05, 4.69) is 5.16 Å². The first-order valence-corrected chi connectivity index (χ1v) is 9.54. The maximum atomic E-state index is 14.1. The van der Waals surface area contributed by atoms with E-state index in [0.29, 0.717) is 18.5 Å². The molecule has 2 aliphatic rings. The quantitative estimate of drug-likeness (QED) is 0.733. The van der Waals surface area contributed by atoms with Crippen LogP contribution in [0.25, 0.3) is 0 Å². The highest BCUT2D eigenvalue weighted by Gasteiger charge is 2.36. The van der Waals surface area contributed by atoms with Crippen LogP contribution in [0, 0.1) is 11.7 Å². The second-order valence-electron chi connectivity index (χ2n) is 7.25. The van der Waals surface area contributed by atoms with Crippen LogP contribution in [0.5, 0.6) is 5.75 Å². The summed E-state index contributed by atoms with van der Waals surface area (Å²) in [4.78, 5) is 20.1. The summed E-state index contributed by atoms with van der Waals surface area (Å²) in [5.74, 6) is 0.567. The van der Waals surface area contributed by atoms with Crippen LogP contribution in [0.2, 0.25) is 0 Å². The highest BCUT2D eigenvalue weighted by Crippen LogP contribution is 2.32. The molecule has 4 rings (SSSR count). The summed E-state index contributed by atoms with van der Waals surface area (Å²) in [6.07, 6.45) is 2.13. The first-order valence-electron chi connectivity index (χ1n) is 9.54. The Morgan fingerprint density at radius 2 is 1.96 bits per heavy atom. The molecular formula is C22H23FN2O3. The summed E-state index contributed by atoms with van der Waals surface area (Å²) in [5, 5.41) is 4.22. The Hall–Kier alpha value is -2.89. The van der Waals surface area contributed by atoms with Crippen molar-refractivity contribution in [3.63, 3.8) is 0 Å². The van der Waals surface area contributed by atoms with Gasteiger partial charge in [0, 0.05) is 30.0 Å². The van der Waals surface area contributed by atoms with Gasteiger partial charge in [-0.3, -0.25) is 4.79 Å². The Balaban J connectivity index is 1.46. The first kappa shape index (κ1) is 18.5. The van der Waals surface area contributed by atoms with Gasteiger partial charge in [-0.2, -0.15) is 0 Å². The van der Waals surface area contributed by atoms with Crippen LogP contribution in [0.1, 0.15) is 30.4 Å². The Kier molecular flexibility index (Phi) is 5.28. The smallest absolute Gasteiger partial charge is 0.226 e. The minimum atomic E-state index is -0.297. The van der Waals surface area contributed by atoms with Gasteiger partial charge < -0.3 is 14.5 Å². The lowest BCUT2D eigenvalue weighted by molar-refractivity contribution is -0.135. The topological polar surface area (TPSA) is 51.1 Å². The third-order valence-electron chi connectivity index (χ3n) is 5.13. The SMILES string of the molecule is COc1ccccc1C1=NO[C@@H](CN(Cc2ccccc2F)C(=O)C2CC2)C1. The zero-order valence-corrected chi connectivity index (χ0v) is 15.8. The van der Waals surface area contributed by atoms with Gasteiger partial charge in [0.15, 0.2) is 6.10 Å². The Morgan fingerprint density at radius 1 is 1.21 bits per heavy atom. The number of amides is 1. The third-order valence-corrected chi connectivity index (χ3v) is 5.13. The average molecular weight is 382 g/mol. The highest BCUT2D eigenvalue weighted by atomic mass is 19.1. The van der Waals surface area contributed by atoms with Crippen molar-refractivity contribution < 1.29 is 18.8 Å². The molecule has 1 saturated carbocycles. The number of ether oxygens (including phenoxy) is 1. The molecule has 1 fully saturated rings. The number of hydrogen-bond donors (Lipinski definition) is 0. The minimum Gasteiger partial charge on any atom is -0.496 e. The number of carbonyl (C=O) groups excluding carboxylic acids is 1. The molecule has 1 atom stereocenters. The number of nitrogens with zero attached hydrogens (tertiary/aromatic N) is 2. The van der Waals surface area contributed by atoms with Crippen molar-refractivity contribution in [3.8, 4) is 5.75 Å². The molecule has 2 aromatic rings. The number of carbonyl (C=O) groups is 1. The predicted molar refractivity (Wildman–Crippen MR) is 104 cm³/mol. The van der Waals surface area contributed by atoms with Crippen LogP contribution < -0.4 is 4.74 Å². The van der Waals surface area contributed by atoms with Crippen molar-refractivity contribution in [1.29, 1.82) is 0 Å². The fraction of sp³-hybridized carbons (Fsp3) is 0.364. The van der Waals surface area contributed by atoms with E-state index in [4.69, 9.17) is 9.57 Å². The zero-order chi connectivity index (χ0) is 19.5. The molecule has 0 bridgehead atoms. The van der Waals surface area contributed by atoms with Gasteiger partial charge in [-0.25, -0.2) is 4.39 Å². The largest absolute Gasteiger partial charge is 0.496 e. The lowest BCUT2D eigenvalue weighted by Gasteiger charge is -2.25. The molecule has 1 aliphatic heterocycles. The molecule has 0 saturated heterocycles. The molecule has 1 amide bonds. The molecule has 0 radical (unpaired) electrons. The number of hydrogen-bond acceptors (Lipinski definition) is 4. The highest BCUT2D eigenvalue weighted by molar-refractivity contribution is 6.03. The molecular weight excluding hydrogens is 359 g/mol. The molecule has 1 heterocycles. The van der Waals surface area contributed by atoms with Crippen LogP contribution in [-0.2, 0) is 16.2 Å². The summed E-state index contributed by atoms with van der Waals surface area (Å²) in [6.45, 7) is 0.623. The fourth-order valence-electron chi connectivity index (χ4n) is 3.47. The summed E-state index contributed by atoms with van der Waals surface area (Å²) >= 11 is 0. The maximum Gasteiger partial charge on any atom is 0.226 e. The van der Waals surface area contributed by atoms with E-state index in [1.165, 1.54) is 6.07 Å². The van der Waals surface area contributed by atoms with Crippen LogP contribution in [0.4, 0.5) is 4.39 Å². The number of halogens is 1. The van der Waals surface area contributed by atoms with Crippen LogP contribution in [0.3, 0.4) is 0 Å². The van der Waals surface area contributed by atoms with E-state index in [1.54, 1.807) is 30.2 Å². The molecule has 1 aliphatic carbocycles. The second-order valence-corrected chi connectivity index (χ2v) is 7.25. The van der Waals surface area contributed by atoms with Gasteiger partial charge in [0.2, 0.25) is 5.91 Å². The monoisotopic (exact) mass is 382 g/mol. The molecule has 0 N–H and O–H groups in total. The Labute approximate surface area is 163 Å². The van der Waals surface area contributed by atoms with Crippen molar-refractivity contribution in [2.45, 2.75) is 31.9 Å². The first-order chi connectivity index (χ1) is 13.7. The van der Waals surface area contributed by atoms with E-state index in [1.807, 2.05) is 24.3 Å². The van der Waals surface area contributed by atoms with E-state index >= 15 is 0 Å². The van der Waals surface area contributed by atoms with Crippen molar-refractivity contribution in [2.75, 3.05) is 13.7 Å². The lowest BCUT2D eigenvalue weighted by atomic mass is 10.0. The molecule has 28 heavy (non-hydrogen) atoms. The van der Waals surface area contributed by atoms with Crippen LogP contribution in [-0.4, -0.2) is 36.3 Å². The summed E-state index contributed by atoms with van der Waals surface area (Å²) < 4.78 is 19.5. The summed E-state index contributed by atoms with van der Waals surface area (Å²) in [6, 6.07) is 14.2. The van der Waals surface area contributed by atoms with Crippen molar-refractivity contribution in [1.82, 2.24) is 4.90 Å². The minimum absolute atomic E-state index is 0.0581. The number of methoxy groups -OCH3 is 1. The molecule has 146 valence electrons. The second kappa shape index (κ2) is 8.00. The fourth-order valence-corrected chi connectivity index (χ4v) is 3.47. The van der Waals surface area contributed by atoms with E-state index < -0.39 is 0 Å². The van der Waals surface area contributed by atoms with Gasteiger partial charge in [0.25, 0.3) is 0 Å². The Morgan fingerprint density at radius 3 is 2.71 bits per heavy atom. The van der Waals surface area contributed by atoms with E-state index in [0.717, 1.165) is 29.9 Å². The lowest BCUT2D eigenvalue weighted by Crippen LogP contribution is -2.38. The predicted octanol–water partition coefficient (Wildman–Crippen LogP) is 3.77. The Bertz CT molecular complexity index is 895. The van der Waals surface area contributed by atoms with Gasteiger partial charge in [-0.15, -0.1) is 0 Å². The van der Waals surface area contributed by atoms with Crippen molar-refractivity contribution >= 4 is 11.6 Å². The number of para-hydroxylation sites is 1. The molecule has 0 unspecified atom stereocenters. The van der Waals surface area contributed by atoms with E-state index in [-0.39, 0.29) is 30.3 Å². The van der Waals surface area contributed by atoms with Gasteiger partial charge in [-0.05, 0) is 31.0 Å². The molecule has 0 aromatic heterocycles. The van der Waals surface area contributed by atoms with E-state index in [9.17, 15) is 9.18 Å². The maximum absolute atomic E-state index is 14.1. The number of oxime groups is 1. The van der Waals surface area contributed by atoms with Crippen LogP contribution >= 0.6 is 0 Å². The van der Waals surface area contributed by atoms with Crippen molar-refractivity contribution in [3.05, 3.63) is 65.5 Å². The normalized spacial score (nSPS) is 18.4. The summed E-state index contributed by atoms with van der Waals surface area (Å²) in [7, 11) is 1.62. The molecule has 6 heteroatoms. The molecule has 2 aromatic carbocycles. The number of rotatable bonds is 7. The van der Waals surface area contributed by atoms with Gasteiger partial charge in [-0.1, -0.05) is 35.5 Å².